The number of carbonyl (C=O) groups is 1. The number of aliphatic carboxylic acids is 1. The SMILES string of the molecule is O=C(O)COCCOCCN1CCN([C@H](c2ccccc2)c2ccc(Cl)cc2)CC1. The maximum Gasteiger partial charge on any atom is 0.329 e. The number of piperazine rings is 1. The molecule has 3 rings (SSSR count). The smallest absolute Gasteiger partial charge is 0.329 e. The highest BCUT2D eigenvalue weighted by Gasteiger charge is 2.26. The third-order valence-corrected chi connectivity index (χ3v) is 5.47. The lowest BCUT2D eigenvalue weighted by molar-refractivity contribution is -0.142. The molecule has 0 aromatic heterocycles. The molecule has 1 saturated heterocycles. The van der Waals surface area contributed by atoms with Crippen LogP contribution in [0.5, 0.6) is 0 Å². The van der Waals surface area contributed by atoms with Gasteiger partial charge in [-0.1, -0.05) is 54.1 Å². The molecule has 1 aliphatic heterocycles. The maximum absolute atomic E-state index is 10.4. The fourth-order valence-electron chi connectivity index (χ4n) is 3.71. The van der Waals surface area contributed by atoms with Crippen molar-refractivity contribution in [1.29, 1.82) is 0 Å². The van der Waals surface area contributed by atoms with Crippen LogP contribution in [0.3, 0.4) is 0 Å². The Morgan fingerprint density at radius 1 is 0.900 bits per heavy atom. The highest BCUT2D eigenvalue weighted by atomic mass is 35.5. The Kier molecular flexibility index (Phi) is 9.11. The van der Waals surface area contributed by atoms with E-state index in [-0.39, 0.29) is 12.6 Å². The van der Waals surface area contributed by atoms with Gasteiger partial charge in [-0.25, -0.2) is 4.79 Å². The molecule has 1 aliphatic rings. The molecule has 6 nitrogen and oxygen atoms in total. The molecular formula is C23H29ClN2O4. The molecule has 0 radical (unpaired) electrons. The van der Waals surface area contributed by atoms with Crippen molar-refractivity contribution in [3.8, 4) is 0 Å². The Hall–Kier alpha value is -1.96. The van der Waals surface area contributed by atoms with Crippen molar-refractivity contribution in [1.82, 2.24) is 9.80 Å². The minimum atomic E-state index is -0.958. The van der Waals surface area contributed by atoms with E-state index in [1.165, 1.54) is 11.1 Å². The van der Waals surface area contributed by atoms with Gasteiger partial charge in [-0.2, -0.15) is 0 Å². The van der Waals surface area contributed by atoms with Crippen LogP contribution in [0, 0.1) is 0 Å². The van der Waals surface area contributed by atoms with E-state index in [4.69, 9.17) is 26.2 Å². The summed E-state index contributed by atoms with van der Waals surface area (Å²) < 4.78 is 10.5. The summed E-state index contributed by atoms with van der Waals surface area (Å²) in [6, 6.07) is 19.0. The molecule has 1 N–H and O–H groups in total. The summed E-state index contributed by atoms with van der Waals surface area (Å²) in [6.07, 6.45) is 0. The molecule has 1 atom stereocenters. The lowest BCUT2D eigenvalue weighted by Crippen LogP contribution is -2.48. The van der Waals surface area contributed by atoms with Crippen LogP contribution < -0.4 is 0 Å². The first-order valence-corrected chi connectivity index (χ1v) is 10.7. The Morgan fingerprint density at radius 3 is 2.20 bits per heavy atom. The summed E-state index contributed by atoms with van der Waals surface area (Å²) in [7, 11) is 0. The van der Waals surface area contributed by atoms with E-state index >= 15 is 0 Å². The number of nitrogens with zero attached hydrogens (tertiary/aromatic N) is 2. The standard InChI is InChI=1S/C23H29ClN2O4/c24-21-8-6-20(7-9-21)23(19-4-2-1-3-5-19)26-12-10-25(11-13-26)14-15-29-16-17-30-18-22(27)28/h1-9,23H,10-18H2,(H,27,28)/t23-/m1/s1. The first kappa shape index (κ1) is 22.7. The van der Waals surface area contributed by atoms with Crippen LogP contribution in [-0.4, -0.2) is 80.0 Å². The van der Waals surface area contributed by atoms with Crippen LogP contribution in [0.1, 0.15) is 17.2 Å². The summed E-state index contributed by atoms with van der Waals surface area (Å²) in [5, 5.41) is 9.28. The zero-order chi connectivity index (χ0) is 21.2. The number of benzene rings is 2. The van der Waals surface area contributed by atoms with Crippen LogP contribution in [-0.2, 0) is 14.3 Å². The van der Waals surface area contributed by atoms with E-state index in [1.54, 1.807) is 0 Å². The fraction of sp³-hybridized carbons (Fsp3) is 0.435. The first-order valence-electron chi connectivity index (χ1n) is 10.3. The van der Waals surface area contributed by atoms with Crippen molar-refractivity contribution >= 4 is 17.6 Å². The molecule has 0 aliphatic carbocycles. The summed E-state index contributed by atoms with van der Waals surface area (Å²) >= 11 is 6.10. The number of carboxylic acids is 1. The zero-order valence-corrected chi connectivity index (χ0v) is 17.8. The highest BCUT2D eigenvalue weighted by Crippen LogP contribution is 2.30. The van der Waals surface area contributed by atoms with Crippen molar-refractivity contribution in [3.63, 3.8) is 0 Å². The quantitative estimate of drug-likeness (QED) is 0.550. The Balaban J connectivity index is 1.48. The van der Waals surface area contributed by atoms with Crippen LogP contribution in [0.25, 0.3) is 0 Å². The van der Waals surface area contributed by atoms with Gasteiger partial charge in [-0.3, -0.25) is 9.80 Å². The molecule has 0 amide bonds. The van der Waals surface area contributed by atoms with Gasteiger partial charge in [0, 0.05) is 37.7 Å². The molecule has 0 saturated carbocycles. The van der Waals surface area contributed by atoms with Gasteiger partial charge in [0.1, 0.15) is 6.61 Å². The van der Waals surface area contributed by atoms with Gasteiger partial charge >= 0.3 is 5.97 Å². The predicted octanol–water partition coefficient (Wildman–Crippen LogP) is 3.16. The van der Waals surface area contributed by atoms with E-state index < -0.39 is 5.97 Å². The minimum absolute atomic E-state index is 0.216. The van der Waals surface area contributed by atoms with E-state index in [2.05, 4.69) is 46.2 Å². The molecule has 30 heavy (non-hydrogen) atoms. The largest absolute Gasteiger partial charge is 0.480 e. The molecule has 2 aromatic rings. The molecule has 7 heteroatoms. The monoisotopic (exact) mass is 432 g/mol. The first-order chi connectivity index (χ1) is 14.6. The number of ether oxygens (including phenoxy) is 2. The van der Waals surface area contributed by atoms with E-state index in [9.17, 15) is 4.79 Å². The predicted molar refractivity (Wildman–Crippen MR) is 117 cm³/mol. The zero-order valence-electron chi connectivity index (χ0n) is 17.1. The highest BCUT2D eigenvalue weighted by molar-refractivity contribution is 6.30. The van der Waals surface area contributed by atoms with Crippen molar-refractivity contribution in [2.45, 2.75) is 6.04 Å². The average Bonchev–Trinajstić information content (AvgIpc) is 2.76. The minimum Gasteiger partial charge on any atom is -0.480 e. The van der Waals surface area contributed by atoms with Gasteiger partial charge in [0.15, 0.2) is 0 Å². The van der Waals surface area contributed by atoms with Crippen LogP contribution in [0.2, 0.25) is 5.02 Å². The molecule has 0 bridgehead atoms. The lowest BCUT2D eigenvalue weighted by Gasteiger charge is -2.39. The number of rotatable bonds is 11. The fourth-order valence-corrected chi connectivity index (χ4v) is 3.84. The van der Waals surface area contributed by atoms with E-state index in [1.807, 2.05) is 18.2 Å². The van der Waals surface area contributed by atoms with E-state index in [0.29, 0.717) is 19.8 Å². The number of hydrogen-bond acceptors (Lipinski definition) is 5. The summed E-state index contributed by atoms with van der Waals surface area (Å²) in [5.41, 5.74) is 2.54. The molecule has 0 spiro atoms. The summed E-state index contributed by atoms with van der Waals surface area (Å²) in [6.45, 7) is 5.85. The van der Waals surface area contributed by atoms with Crippen LogP contribution in [0.15, 0.2) is 54.6 Å². The van der Waals surface area contributed by atoms with Gasteiger partial charge in [-0.15, -0.1) is 0 Å². The van der Waals surface area contributed by atoms with Gasteiger partial charge in [0.25, 0.3) is 0 Å². The molecule has 2 aromatic carbocycles. The Labute approximate surface area is 183 Å². The molecule has 1 heterocycles. The molecule has 162 valence electrons. The van der Waals surface area contributed by atoms with Gasteiger partial charge in [0.2, 0.25) is 0 Å². The second kappa shape index (κ2) is 12.0. The normalized spacial score (nSPS) is 16.4. The van der Waals surface area contributed by atoms with Crippen LogP contribution >= 0.6 is 11.6 Å². The lowest BCUT2D eigenvalue weighted by atomic mass is 9.96. The average molecular weight is 433 g/mol. The molecule has 0 unspecified atom stereocenters. The van der Waals surface area contributed by atoms with E-state index in [0.717, 1.165) is 37.7 Å². The van der Waals surface area contributed by atoms with Crippen molar-refractivity contribution in [3.05, 3.63) is 70.7 Å². The third kappa shape index (κ3) is 7.07. The van der Waals surface area contributed by atoms with Crippen molar-refractivity contribution < 1.29 is 19.4 Å². The Morgan fingerprint density at radius 2 is 1.53 bits per heavy atom. The number of halogens is 1. The summed E-state index contributed by atoms with van der Waals surface area (Å²) in [4.78, 5) is 15.3. The van der Waals surface area contributed by atoms with Gasteiger partial charge < -0.3 is 14.6 Å². The van der Waals surface area contributed by atoms with Gasteiger partial charge in [-0.05, 0) is 23.3 Å². The Bertz CT molecular complexity index is 765. The topological polar surface area (TPSA) is 62.2 Å². The number of hydrogen-bond donors (Lipinski definition) is 1. The molecule has 1 fully saturated rings. The second-order valence-corrected chi connectivity index (χ2v) is 7.74. The maximum atomic E-state index is 10.4. The molecular weight excluding hydrogens is 404 g/mol. The van der Waals surface area contributed by atoms with Crippen LogP contribution in [0.4, 0.5) is 0 Å². The number of carboxylic acid groups (broad SMARTS) is 1. The summed E-state index contributed by atoms with van der Waals surface area (Å²) in [5.74, 6) is -0.958. The second-order valence-electron chi connectivity index (χ2n) is 7.30. The van der Waals surface area contributed by atoms with Gasteiger partial charge in [0.05, 0.1) is 25.9 Å². The third-order valence-electron chi connectivity index (χ3n) is 5.22. The van der Waals surface area contributed by atoms with Crippen molar-refractivity contribution in [2.24, 2.45) is 0 Å². The van der Waals surface area contributed by atoms with Crippen molar-refractivity contribution in [2.75, 3.05) is 59.2 Å².